The number of ether oxygens (including phenoxy) is 1. The highest BCUT2D eigenvalue weighted by Gasteiger charge is 1.99. The molecule has 0 aliphatic carbocycles. The molecule has 0 atom stereocenters. The third-order valence-electron chi connectivity index (χ3n) is 1.47. The molecule has 0 N–H and O–H groups in total. The summed E-state index contributed by atoms with van der Waals surface area (Å²) < 4.78 is 4.73. The molecule has 1 amide bonds. The number of hydrogen-bond donors (Lipinski definition) is 0. The van der Waals surface area contributed by atoms with Crippen LogP contribution in [0.4, 0.5) is 0 Å². The molecule has 0 aliphatic rings. The van der Waals surface area contributed by atoms with Gasteiger partial charge in [-0.2, -0.15) is 0 Å². The Morgan fingerprint density at radius 1 is 1.46 bits per heavy atom. The minimum absolute atomic E-state index is 0.238. The fourth-order valence-corrected chi connectivity index (χ4v) is 0.850. The zero-order valence-electron chi connectivity index (χ0n) is 7.43. The van der Waals surface area contributed by atoms with Crippen LogP contribution in [-0.4, -0.2) is 25.8 Å². The largest absolute Gasteiger partial charge is 0.379 e. The lowest BCUT2D eigenvalue weighted by Gasteiger charge is -1.92. The van der Waals surface area contributed by atoms with Gasteiger partial charge in [0.05, 0.1) is 6.61 Å². The van der Waals surface area contributed by atoms with Crippen LogP contribution >= 0.6 is 0 Å². The number of carbonyl (C=O) groups excluding carboxylic acids is 1. The molecule has 1 aromatic carbocycles. The van der Waals surface area contributed by atoms with Gasteiger partial charge in [0, 0.05) is 18.9 Å². The summed E-state index contributed by atoms with van der Waals surface area (Å²) >= 11 is 0. The van der Waals surface area contributed by atoms with E-state index in [1.54, 1.807) is 31.4 Å². The summed E-state index contributed by atoms with van der Waals surface area (Å²) in [7, 11) is 1.55. The van der Waals surface area contributed by atoms with Crippen molar-refractivity contribution in [1.29, 1.82) is 0 Å². The Morgan fingerprint density at radius 2 is 2.15 bits per heavy atom. The first-order chi connectivity index (χ1) is 6.34. The maximum absolute atomic E-state index is 11.3. The monoisotopic (exact) mass is 177 g/mol. The van der Waals surface area contributed by atoms with Crippen LogP contribution in [0.15, 0.2) is 35.3 Å². The van der Waals surface area contributed by atoms with Gasteiger partial charge in [-0.05, 0) is 12.1 Å². The predicted octanol–water partition coefficient (Wildman–Crippen LogP) is 1.54. The predicted molar refractivity (Wildman–Crippen MR) is 51.1 cm³/mol. The van der Waals surface area contributed by atoms with Crippen LogP contribution < -0.4 is 0 Å². The van der Waals surface area contributed by atoms with E-state index >= 15 is 0 Å². The summed E-state index contributed by atoms with van der Waals surface area (Å²) in [5, 5.41) is 0. The van der Waals surface area contributed by atoms with Gasteiger partial charge in [0.15, 0.2) is 0 Å². The van der Waals surface area contributed by atoms with E-state index in [0.717, 1.165) is 0 Å². The van der Waals surface area contributed by atoms with Crippen molar-refractivity contribution >= 4 is 12.1 Å². The molecule has 1 aromatic rings. The maximum Gasteiger partial charge on any atom is 0.276 e. The molecule has 0 unspecified atom stereocenters. The van der Waals surface area contributed by atoms with Gasteiger partial charge < -0.3 is 4.74 Å². The van der Waals surface area contributed by atoms with Crippen molar-refractivity contribution in [3.05, 3.63) is 35.9 Å². The smallest absolute Gasteiger partial charge is 0.276 e. The molecular formula is C10H11NO2. The van der Waals surface area contributed by atoms with Crippen LogP contribution in [0, 0.1) is 0 Å². The van der Waals surface area contributed by atoms with E-state index in [-0.39, 0.29) is 5.91 Å². The Bertz CT molecular complexity index is 293. The molecular weight excluding hydrogens is 166 g/mol. The lowest BCUT2D eigenvalue weighted by molar-refractivity contribution is 0.100. The van der Waals surface area contributed by atoms with Crippen LogP contribution in [0.25, 0.3) is 0 Å². The Balaban J connectivity index is 2.59. The second-order valence-electron chi connectivity index (χ2n) is 2.44. The van der Waals surface area contributed by atoms with E-state index in [9.17, 15) is 4.79 Å². The Hall–Kier alpha value is -1.48. The van der Waals surface area contributed by atoms with Crippen molar-refractivity contribution in [2.45, 2.75) is 0 Å². The first-order valence-electron chi connectivity index (χ1n) is 3.95. The Morgan fingerprint density at radius 3 is 2.77 bits per heavy atom. The zero-order chi connectivity index (χ0) is 9.52. The molecule has 68 valence electrons. The molecule has 0 saturated carbocycles. The average Bonchev–Trinajstić information content (AvgIpc) is 2.19. The highest BCUT2D eigenvalue weighted by Crippen LogP contribution is 1.99. The van der Waals surface area contributed by atoms with E-state index in [2.05, 4.69) is 4.99 Å². The van der Waals surface area contributed by atoms with Crippen LogP contribution in [-0.2, 0) is 4.74 Å². The van der Waals surface area contributed by atoms with Gasteiger partial charge in [-0.3, -0.25) is 4.79 Å². The first kappa shape index (κ1) is 9.61. The molecule has 0 bridgehead atoms. The SMILES string of the molecule is COCC=NC(=O)c1ccccc1. The van der Waals surface area contributed by atoms with Crippen molar-refractivity contribution in [3.8, 4) is 0 Å². The van der Waals surface area contributed by atoms with Gasteiger partial charge in [0.2, 0.25) is 0 Å². The number of methoxy groups -OCH3 is 1. The molecule has 0 spiro atoms. The Kier molecular flexibility index (Phi) is 3.85. The molecule has 0 aromatic heterocycles. The summed E-state index contributed by atoms with van der Waals surface area (Å²) in [6, 6.07) is 8.92. The second kappa shape index (κ2) is 5.22. The van der Waals surface area contributed by atoms with Gasteiger partial charge in [0.25, 0.3) is 5.91 Å². The van der Waals surface area contributed by atoms with Crippen molar-refractivity contribution in [2.24, 2.45) is 4.99 Å². The van der Waals surface area contributed by atoms with Crippen molar-refractivity contribution in [2.75, 3.05) is 13.7 Å². The minimum Gasteiger partial charge on any atom is -0.379 e. The summed E-state index contributed by atoms with van der Waals surface area (Å²) in [6.45, 7) is 0.360. The number of aliphatic imine (C=N–C) groups is 1. The van der Waals surface area contributed by atoms with Crippen LogP contribution in [0.3, 0.4) is 0 Å². The topological polar surface area (TPSA) is 38.7 Å². The molecule has 0 saturated heterocycles. The molecule has 3 heteroatoms. The molecule has 0 aliphatic heterocycles. The first-order valence-corrected chi connectivity index (χ1v) is 3.95. The van der Waals surface area contributed by atoms with Gasteiger partial charge in [0.1, 0.15) is 0 Å². The number of amides is 1. The summed E-state index contributed by atoms with van der Waals surface area (Å²) in [4.78, 5) is 15.0. The van der Waals surface area contributed by atoms with Gasteiger partial charge in [-0.1, -0.05) is 18.2 Å². The summed E-state index contributed by atoms with van der Waals surface area (Å²) in [5.74, 6) is -0.238. The van der Waals surface area contributed by atoms with Crippen LogP contribution in [0.5, 0.6) is 0 Å². The normalized spacial score (nSPS) is 10.5. The quantitative estimate of drug-likeness (QED) is 0.657. The minimum atomic E-state index is -0.238. The summed E-state index contributed by atoms with van der Waals surface area (Å²) in [6.07, 6.45) is 1.45. The van der Waals surface area contributed by atoms with Crippen molar-refractivity contribution < 1.29 is 9.53 Å². The highest BCUT2D eigenvalue weighted by atomic mass is 16.5. The zero-order valence-corrected chi connectivity index (χ0v) is 7.43. The third-order valence-corrected chi connectivity index (χ3v) is 1.47. The molecule has 0 radical (unpaired) electrons. The number of hydrogen-bond acceptors (Lipinski definition) is 2. The molecule has 3 nitrogen and oxygen atoms in total. The number of benzene rings is 1. The summed E-state index contributed by atoms with van der Waals surface area (Å²) in [5.41, 5.74) is 0.592. The molecule has 0 heterocycles. The lowest BCUT2D eigenvalue weighted by atomic mass is 10.2. The molecule has 0 fully saturated rings. The maximum atomic E-state index is 11.3. The van der Waals surface area contributed by atoms with Crippen molar-refractivity contribution in [1.82, 2.24) is 0 Å². The van der Waals surface area contributed by atoms with E-state index in [1.165, 1.54) is 6.21 Å². The molecule has 13 heavy (non-hydrogen) atoms. The second-order valence-corrected chi connectivity index (χ2v) is 2.44. The van der Waals surface area contributed by atoms with Crippen molar-refractivity contribution in [3.63, 3.8) is 0 Å². The number of nitrogens with zero attached hydrogens (tertiary/aromatic N) is 1. The standard InChI is InChI=1S/C10H11NO2/c1-13-8-7-11-10(12)9-5-3-2-4-6-9/h2-7H,8H2,1H3. The fraction of sp³-hybridized carbons (Fsp3) is 0.200. The lowest BCUT2D eigenvalue weighted by Crippen LogP contribution is -1.97. The Labute approximate surface area is 77.1 Å². The third kappa shape index (κ3) is 3.17. The average molecular weight is 177 g/mol. The van der Waals surface area contributed by atoms with E-state index in [4.69, 9.17) is 4.74 Å². The van der Waals surface area contributed by atoms with Gasteiger partial charge >= 0.3 is 0 Å². The van der Waals surface area contributed by atoms with Gasteiger partial charge in [-0.15, -0.1) is 0 Å². The van der Waals surface area contributed by atoms with E-state index < -0.39 is 0 Å². The van der Waals surface area contributed by atoms with E-state index in [0.29, 0.717) is 12.2 Å². The van der Waals surface area contributed by atoms with Crippen LogP contribution in [0.2, 0.25) is 0 Å². The molecule has 1 rings (SSSR count). The van der Waals surface area contributed by atoms with Gasteiger partial charge in [-0.25, -0.2) is 4.99 Å². The van der Waals surface area contributed by atoms with Crippen LogP contribution in [0.1, 0.15) is 10.4 Å². The number of carbonyl (C=O) groups is 1. The van der Waals surface area contributed by atoms with E-state index in [1.807, 2.05) is 6.07 Å². The fourth-order valence-electron chi connectivity index (χ4n) is 0.850. The highest BCUT2D eigenvalue weighted by molar-refractivity contribution is 5.98. The number of rotatable bonds is 3.